The Morgan fingerprint density at radius 3 is 1.80 bits per heavy atom. The molecule has 0 aliphatic heterocycles. The molecule has 9 aromatic rings. The fraction of sp³-hybridized carbons (Fsp3) is 0.0682. The van der Waals surface area contributed by atoms with E-state index in [-0.39, 0.29) is 5.41 Å². The van der Waals surface area contributed by atoms with E-state index in [2.05, 4.69) is 164 Å². The largest absolute Gasteiger partial charge is 0.292 e. The Hall–Kier alpha value is -5.73. The number of fused-ring (bicyclic) bond motifs is 14. The van der Waals surface area contributed by atoms with Gasteiger partial charge in [-0.15, -0.1) is 0 Å². The van der Waals surface area contributed by atoms with E-state index < -0.39 is 0 Å². The zero-order valence-electron chi connectivity index (χ0n) is 25.8. The first-order valence-electron chi connectivity index (χ1n) is 16.1. The quantitative estimate of drug-likeness (QED) is 0.184. The van der Waals surface area contributed by atoms with E-state index in [0.29, 0.717) is 0 Å². The van der Waals surface area contributed by atoms with Crippen LogP contribution in [0.1, 0.15) is 25.0 Å². The second-order valence-corrected chi connectivity index (χ2v) is 13.1. The summed E-state index contributed by atoms with van der Waals surface area (Å²) in [4.78, 5) is 5.22. The molecule has 216 valence electrons. The molecule has 0 spiro atoms. The highest BCUT2D eigenvalue weighted by atomic mass is 15.1. The summed E-state index contributed by atoms with van der Waals surface area (Å²) in [6, 6.07) is 53.0. The molecular formula is C44H30N2. The van der Waals surface area contributed by atoms with Crippen molar-refractivity contribution < 1.29 is 0 Å². The lowest BCUT2D eigenvalue weighted by atomic mass is 9.77. The fourth-order valence-corrected chi connectivity index (χ4v) is 8.38. The van der Waals surface area contributed by atoms with Gasteiger partial charge in [0.25, 0.3) is 0 Å². The third-order valence-electron chi connectivity index (χ3n) is 10.3. The summed E-state index contributed by atoms with van der Waals surface area (Å²) in [5.41, 5.74) is 9.58. The Morgan fingerprint density at radius 2 is 1.09 bits per heavy atom. The summed E-state index contributed by atoms with van der Waals surface area (Å²) < 4.78 is 2.30. The maximum Gasteiger partial charge on any atom is 0.145 e. The van der Waals surface area contributed by atoms with Crippen LogP contribution < -0.4 is 0 Å². The first-order valence-corrected chi connectivity index (χ1v) is 16.1. The van der Waals surface area contributed by atoms with E-state index in [1.165, 1.54) is 65.3 Å². The number of hydrogen-bond donors (Lipinski definition) is 0. The molecule has 0 saturated heterocycles. The van der Waals surface area contributed by atoms with Crippen molar-refractivity contribution in [3.63, 3.8) is 0 Å². The molecule has 1 heterocycles. The smallest absolute Gasteiger partial charge is 0.145 e. The van der Waals surface area contributed by atoms with E-state index in [1.807, 2.05) is 0 Å². The summed E-state index contributed by atoms with van der Waals surface area (Å²) in [5, 5.41) is 10.6. The first kappa shape index (κ1) is 25.6. The third kappa shape index (κ3) is 3.28. The number of nitrogens with zero attached hydrogens (tertiary/aromatic N) is 2. The molecule has 0 bridgehead atoms. The highest BCUT2D eigenvalue weighted by Gasteiger charge is 2.39. The van der Waals surface area contributed by atoms with Crippen LogP contribution >= 0.6 is 0 Å². The van der Waals surface area contributed by atoms with E-state index in [9.17, 15) is 0 Å². The van der Waals surface area contributed by atoms with Gasteiger partial charge in [-0.1, -0.05) is 129 Å². The predicted molar refractivity (Wildman–Crippen MR) is 194 cm³/mol. The molecule has 46 heavy (non-hydrogen) atoms. The van der Waals surface area contributed by atoms with Crippen LogP contribution in [-0.2, 0) is 5.41 Å². The molecule has 0 amide bonds. The Kier molecular flexibility index (Phi) is 5.09. The van der Waals surface area contributed by atoms with Crippen LogP contribution in [0.2, 0.25) is 0 Å². The van der Waals surface area contributed by atoms with Gasteiger partial charge in [0, 0.05) is 16.7 Å². The van der Waals surface area contributed by atoms with Gasteiger partial charge in [0.15, 0.2) is 0 Å². The van der Waals surface area contributed by atoms with Gasteiger partial charge >= 0.3 is 0 Å². The van der Waals surface area contributed by atoms with Crippen LogP contribution in [0.15, 0.2) is 146 Å². The summed E-state index contributed by atoms with van der Waals surface area (Å²) in [5.74, 6) is 0.966. The van der Waals surface area contributed by atoms with Crippen LogP contribution in [0.4, 0.5) is 0 Å². The predicted octanol–water partition coefficient (Wildman–Crippen LogP) is 11.6. The van der Waals surface area contributed by atoms with Crippen LogP contribution in [0.5, 0.6) is 0 Å². The van der Waals surface area contributed by atoms with Gasteiger partial charge < -0.3 is 0 Å². The van der Waals surface area contributed by atoms with Crippen LogP contribution in [-0.4, -0.2) is 9.55 Å². The Morgan fingerprint density at radius 1 is 0.522 bits per heavy atom. The van der Waals surface area contributed by atoms with Crippen molar-refractivity contribution in [2.24, 2.45) is 0 Å². The fourth-order valence-electron chi connectivity index (χ4n) is 8.38. The Labute approximate surface area is 267 Å². The Bertz CT molecular complexity index is 2710. The number of rotatable bonds is 2. The van der Waals surface area contributed by atoms with Gasteiger partial charge in [-0.25, -0.2) is 4.98 Å². The summed E-state index contributed by atoms with van der Waals surface area (Å²) >= 11 is 0. The van der Waals surface area contributed by atoms with E-state index >= 15 is 0 Å². The van der Waals surface area contributed by atoms with Gasteiger partial charge in [-0.3, -0.25) is 4.57 Å². The van der Waals surface area contributed by atoms with Crippen molar-refractivity contribution in [1.29, 1.82) is 0 Å². The van der Waals surface area contributed by atoms with Crippen molar-refractivity contribution in [3.8, 4) is 28.2 Å². The summed E-state index contributed by atoms with van der Waals surface area (Å²) in [6.07, 6.45) is 0. The van der Waals surface area contributed by atoms with Crippen LogP contribution in [0.3, 0.4) is 0 Å². The van der Waals surface area contributed by atoms with E-state index in [1.54, 1.807) is 0 Å². The van der Waals surface area contributed by atoms with Gasteiger partial charge in [0.2, 0.25) is 0 Å². The lowest BCUT2D eigenvalue weighted by molar-refractivity contribution is 0.667. The molecule has 2 nitrogen and oxygen atoms in total. The van der Waals surface area contributed by atoms with Crippen LogP contribution in [0.25, 0.3) is 82.3 Å². The third-order valence-corrected chi connectivity index (χ3v) is 10.3. The number of hydrogen-bond acceptors (Lipinski definition) is 1. The average Bonchev–Trinajstić information content (AvgIpc) is 3.61. The van der Waals surface area contributed by atoms with Gasteiger partial charge in [-0.05, 0) is 95.7 Å². The van der Waals surface area contributed by atoms with Gasteiger partial charge in [0.1, 0.15) is 5.82 Å². The minimum absolute atomic E-state index is 0.238. The average molecular weight is 587 g/mol. The van der Waals surface area contributed by atoms with Crippen molar-refractivity contribution in [3.05, 3.63) is 157 Å². The molecule has 10 rings (SSSR count). The monoisotopic (exact) mass is 586 g/mol. The van der Waals surface area contributed by atoms with Crippen molar-refractivity contribution in [2.75, 3.05) is 0 Å². The van der Waals surface area contributed by atoms with Gasteiger partial charge in [-0.2, -0.15) is 0 Å². The first-order chi connectivity index (χ1) is 22.6. The second kappa shape index (κ2) is 9.15. The molecule has 2 heteroatoms. The number of imidazole rings is 1. The minimum Gasteiger partial charge on any atom is -0.292 e. The van der Waals surface area contributed by atoms with E-state index in [0.717, 1.165) is 28.1 Å². The lowest BCUT2D eigenvalue weighted by Crippen LogP contribution is -2.16. The molecule has 0 N–H and O–H groups in total. The molecule has 8 aromatic carbocycles. The lowest BCUT2D eigenvalue weighted by Gasteiger charge is -2.26. The summed E-state index contributed by atoms with van der Waals surface area (Å²) in [7, 11) is 0. The zero-order chi connectivity index (χ0) is 30.6. The summed E-state index contributed by atoms with van der Waals surface area (Å²) in [6.45, 7) is 4.83. The van der Waals surface area contributed by atoms with Crippen LogP contribution in [0, 0.1) is 0 Å². The minimum atomic E-state index is -0.238. The normalized spacial score (nSPS) is 13.6. The molecule has 0 radical (unpaired) electrons. The van der Waals surface area contributed by atoms with Crippen molar-refractivity contribution in [2.45, 2.75) is 19.3 Å². The molecule has 1 aliphatic rings. The standard InChI is InChI=1S/C44H30N2/c1-44(2)36-26-27(43-45-37-22-12-13-23-38(37)46(43)28-14-4-3-5-15-28)24-25-35(36)40-34-21-11-10-20-33(34)39-31-18-8-6-16-29(31)30-17-7-9-19-32(30)41(39)42(40)44/h3-26H,1-2H3. The topological polar surface area (TPSA) is 17.8 Å². The maximum atomic E-state index is 5.22. The Balaban J connectivity index is 1.33. The maximum absolute atomic E-state index is 5.22. The second-order valence-electron chi connectivity index (χ2n) is 13.1. The van der Waals surface area contributed by atoms with Crippen molar-refractivity contribution in [1.82, 2.24) is 9.55 Å². The SMILES string of the molecule is CC1(C)c2cc(-c3nc4ccccc4n3-c3ccccc3)ccc2-c2c1c1c3ccccc3c3ccccc3c1c1ccccc21. The number of para-hydroxylation sites is 3. The molecular weight excluding hydrogens is 556 g/mol. The molecule has 0 fully saturated rings. The number of aromatic nitrogens is 2. The molecule has 1 aliphatic carbocycles. The molecule has 0 unspecified atom stereocenters. The number of benzene rings is 8. The van der Waals surface area contributed by atoms with E-state index in [4.69, 9.17) is 4.98 Å². The zero-order valence-corrected chi connectivity index (χ0v) is 25.8. The highest BCUT2D eigenvalue weighted by molar-refractivity contribution is 6.35. The molecule has 0 saturated carbocycles. The van der Waals surface area contributed by atoms with Crippen molar-refractivity contribution >= 4 is 54.1 Å². The van der Waals surface area contributed by atoms with Gasteiger partial charge in [0.05, 0.1) is 11.0 Å². The molecule has 1 aromatic heterocycles. The molecule has 0 atom stereocenters. The highest BCUT2D eigenvalue weighted by Crippen LogP contribution is 2.57.